The molecule has 0 aliphatic heterocycles. The Morgan fingerprint density at radius 3 is 2.47 bits per heavy atom. The molecule has 4 nitrogen and oxygen atoms in total. The number of carboxylic acid groups (broad SMARTS) is 1. The second-order valence-electron chi connectivity index (χ2n) is 3.98. The summed E-state index contributed by atoms with van der Waals surface area (Å²) in [5.41, 5.74) is -0.374. The number of nitrogens with one attached hydrogen (secondary N) is 1. The molecule has 0 fully saturated rings. The lowest BCUT2D eigenvalue weighted by molar-refractivity contribution is -0.146. The SMILES string of the molecule is CCCC(NCCO)(C(=O)O)c1ccccc1. The van der Waals surface area contributed by atoms with Gasteiger partial charge >= 0.3 is 5.97 Å². The van der Waals surface area contributed by atoms with Crippen LogP contribution in [0.3, 0.4) is 0 Å². The highest BCUT2D eigenvalue weighted by molar-refractivity contribution is 5.80. The molecule has 0 aliphatic carbocycles. The molecular formula is C13H19NO3. The van der Waals surface area contributed by atoms with Crippen LogP contribution in [0.5, 0.6) is 0 Å². The lowest BCUT2D eigenvalue weighted by Crippen LogP contribution is -2.50. The van der Waals surface area contributed by atoms with Crippen molar-refractivity contribution in [2.24, 2.45) is 0 Å². The smallest absolute Gasteiger partial charge is 0.328 e. The average Bonchev–Trinajstić information content (AvgIpc) is 2.35. The zero-order valence-corrected chi connectivity index (χ0v) is 10.0. The normalized spacial score (nSPS) is 14.2. The first kappa shape index (κ1) is 13.7. The highest BCUT2D eigenvalue weighted by atomic mass is 16.4. The largest absolute Gasteiger partial charge is 0.480 e. The number of aliphatic hydroxyl groups is 1. The summed E-state index contributed by atoms with van der Waals surface area (Å²) in [6, 6.07) is 9.10. The molecule has 1 aromatic carbocycles. The zero-order valence-electron chi connectivity index (χ0n) is 10.0. The molecule has 1 aromatic rings. The van der Waals surface area contributed by atoms with Crippen molar-refractivity contribution >= 4 is 5.97 Å². The Kier molecular flexibility index (Phi) is 5.12. The van der Waals surface area contributed by atoms with Crippen molar-refractivity contribution in [3.63, 3.8) is 0 Å². The van der Waals surface area contributed by atoms with Gasteiger partial charge in [-0.05, 0) is 12.0 Å². The fourth-order valence-corrected chi connectivity index (χ4v) is 2.01. The Hall–Kier alpha value is -1.39. The summed E-state index contributed by atoms with van der Waals surface area (Å²) in [7, 11) is 0. The molecule has 0 spiro atoms. The van der Waals surface area contributed by atoms with Crippen molar-refractivity contribution in [1.29, 1.82) is 0 Å². The monoisotopic (exact) mass is 237 g/mol. The van der Waals surface area contributed by atoms with Crippen LogP contribution in [-0.4, -0.2) is 29.3 Å². The van der Waals surface area contributed by atoms with Crippen molar-refractivity contribution in [3.8, 4) is 0 Å². The molecule has 0 radical (unpaired) electrons. The van der Waals surface area contributed by atoms with Crippen LogP contribution in [0.1, 0.15) is 25.3 Å². The maximum absolute atomic E-state index is 11.6. The van der Waals surface area contributed by atoms with Crippen LogP contribution in [-0.2, 0) is 10.3 Å². The number of hydrogen-bond acceptors (Lipinski definition) is 3. The summed E-state index contributed by atoms with van der Waals surface area (Å²) < 4.78 is 0. The van der Waals surface area contributed by atoms with Gasteiger partial charge in [0.1, 0.15) is 5.54 Å². The van der Waals surface area contributed by atoms with Gasteiger partial charge in [0.15, 0.2) is 0 Å². The molecule has 0 bridgehead atoms. The van der Waals surface area contributed by atoms with E-state index in [4.69, 9.17) is 5.11 Å². The van der Waals surface area contributed by atoms with E-state index in [-0.39, 0.29) is 13.2 Å². The Balaban J connectivity index is 3.10. The molecule has 0 saturated heterocycles. The highest BCUT2D eigenvalue weighted by Gasteiger charge is 2.38. The van der Waals surface area contributed by atoms with Gasteiger partial charge in [-0.2, -0.15) is 0 Å². The van der Waals surface area contributed by atoms with Gasteiger partial charge in [0.05, 0.1) is 6.61 Å². The van der Waals surface area contributed by atoms with Crippen molar-refractivity contribution in [2.75, 3.05) is 13.2 Å². The lowest BCUT2D eigenvalue weighted by atomic mass is 9.85. The van der Waals surface area contributed by atoms with Crippen LogP contribution in [0, 0.1) is 0 Å². The van der Waals surface area contributed by atoms with Crippen molar-refractivity contribution in [2.45, 2.75) is 25.3 Å². The van der Waals surface area contributed by atoms with Gasteiger partial charge < -0.3 is 10.2 Å². The number of hydrogen-bond donors (Lipinski definition) is 3. The van der Waals surface area contributed by atoms with Crippen LogP contribution in [0.4, 0.5) is 0 Å². The Bertz CT molecular complexity index is 353. The maximum Gasteiger partial charge on any atom is 0.328 e. The van der Waals surface area contributed by atoms with Gasteiger partial charge in [0, 0.05) is 6.54 Å². The first-order valence-electron chi connectivity index (χ1n) is 5.82. The molecule has 0 heterocycles. The fourth-order valence-electron chi connectivity index (χ4n) is 2.01. The van der Waals surface area contributed by atoms with E-state index in [1.165, 1.54) is 0 Å². The summed E-state index contributed by atoms with van der Waals surface area (Å²) in [6.07, 6.45) is 1.24. The van der Waals surface area contributed by atoms with E-state index in [9.17, 15) is 9.90 Å². The first-order valence-corrected chi connectivity index (χ1v) is 5.82. The third-order valence-electron chi connectivity index (χ3n) is 2.80. The average molecular weight is 237 g/mol. The molecule has 0 aromatic heterocycles. The van der Waals surface area contributed by atoms with E-state index in [2.05, 4.69) is 5.32 Å². The minimum atomic E-state index is -1.10. The second-order valence-corrected chi connectivity index (χ2v) is 3.98. The number of carboxylic acids is 1. The molecule has 1 atom stereocenters. The summed E-state index contributed by atoms with van der Waals surface area (Å²) >= 11 is 0. The van der Waals surface area contributed by atoms with Gasteiger partial charge in [-0.3, -0.25) is 5.32 Å². The van der Waals surface area contributed by atoms with Crippen molar-refractivity contribution in [3.05, 3.63) is 35.9 Å². The molecule has 94 valence electrons. The molecule has 0 saturated carbocycles. The molecule has 0 amide bonds. The van der Waals surface area contributed by atoms with E-state index < -0.39 is 11.5 Å². The molecule has 17 heavy (non-hydrogen) atoms. The molecule has 4 heteroatoms. The van der Waals surface area contributed by atoms with Crippen LogP contribution in [0.2, 0.25) is 0 Å². The maximum atomic E-state index is 11.6. The quantitative estimate of drug-likeness (QED) is 0.669. The predicted octanol–water partition coefficient (Wildman–Crippen LogP) is 1.35. The van der Waals surface area contributed by atoms with E-state index in [0.29, 0.717) is 6.42 Å². The predicted molar refractivity (Wildman–Crippen MR) is 65.8 cm³/mol. The van der Waals surface area contributed by atoms with E-state index in [1.54, 1.807) is 12.1 Å². The summed E-state index contributed by atoms with van der Waals surface area (Å²) in [5, 5.41) is 21.3. The van der Waals surface area contributed by atoms with Crippen molar-refractivity contribution in [1.82, 2.24) is 5.32 Å². The van der Waals surface area contributed by atoms with Crippen LogP contribution in [0.25, 0.3) is 0 Å². The highest BCUT2D eigenvalue weighted by Crippen LogP contribution is 2.26. The van der Waals surface area contributed by atoms with Gasteiger partial charge in [0.25, 0.3) is 0 Å². The second kappa shape index (κ2) is 6.37. The Morgan fingerprint density at radius 2 is 2.00 bits per heavy atom. The van der Waals surface area contributed by atoms with Crippen LogP contribution >= 0.6 is 0 Å². The third-order valence-corrected chi connectivity index (χ3v) is 2.80. The minimum absolute atomic E-state index is 0.0778. The standard InChI is InChI=1S/C13H19NO3/c1-2-8-13(12(16)17,14-9-10-15)11-6-4-3-5-7-11/h3-7,14-15H,2,8-10H2,1H3,(H,16,17). The number of aliphatic hydroxyl groups excluding tert-OH is 1. The number of aliphatic carboxylic acids is 1. The van der Waals surface area contributed by atoms with E-state index in [0.717, 1.165) is 12.0 Å². The van der Waals surface area contributed by atoms with Gasteiger partial charge in [-0.15, -0.1) is 0 Å². The fraction of sp³-hybridized carbons (Fsp3) is 0.462. The van der Waals surface area contributed by atoms with Gasteiger partial charge in [0.2, 0.25) is 0 Å². The molecule has 3 N–H and O–H groups in total. The summed E-state index contributed by atoms with van der Waals surface area (Å²) in [4.78, 5) is 11.6. The van der Waals surface area contributed by atoms with Gasteiger partial charge in [-0.25, -0.2) is 4.79 Å². The topological polar surface area (TPSA) is 69.6 Å². The first-order chi connectivity index (χ1) is 8.17. The summed E-state index contributed by atoms with van der Waals surface area (Å²) in [5.74, 6) is -0.904. The van der Waals surface area contributed by atoms with Crippen LogP contribution in [0.15, 0.2) is 30.3 Å². The molecule has 1 rings (SSSR count). The number of benzene rings is 1. The van der Waals surface area contributed by atoms with Gasteiger partial charge in [-0.1, -0.05) is 43.7 Å². The number of rotatable bonds is 7. The Labute approximate surface area is 101 Å². The molecule has 1 unspecified atom stereocenters. The molecular weight excluding hydrogens is 218 g/mol. The van der Waals surface area contributed by atoms with Crippen molar-refractivity contribution < 1.29 is 15.0 Å². The van der Waals surface area contributed by atoms with Crippen LogP contribution < -0.4 is 5.32 Å². The zero-order chi connectivity index (χ0) is 12.7. The van der Waals surface area contributed by atoms with E-state index >= 15 is 0 Å². The lowest BCUT2D eigenvalue weighted by Gasteiger charge is -2.30. The third kappa shape index (κ3) is 3.05. The molecule has 0 aliphatic rings. The van der Waals surface area contributed by atoms with E-state index in [1.807, 2.05) is 25.1 Å². The number of carbonyl (C=O) groups is 1. The summed E-state index contributed by atoms with van der Waals surface area (Å²) in [6.45, 7) is 2.13. The Morgan fingerprint density at radius 1 is 1.35 bits per heavy atom. The minimum Gasteiger partial charge on any atom is -0.480 e.